The lowest BCUT2D eigenvalue weighted by Gasteiger charge is -2.14. The number of allylic oxidation sites excluding steroid dienone is 1. The van der Waals surface area contributed by atoms with E-state index in [2.05, 4.69) is 22.1 Å². The molecule has 1 unspecified atom stereocenters. The van der Waals surface area contributed by atoms with Crippen molar-refractivity contribution in [3.05, 3.63) is 54.1 Å². The first-order valence-corrected chi connectivity index (χ1v) is 8.18. The summed E-state index contributed by atoms with van der Waals surface area (Å²) in [5.41, 5.74) is 0.857. The molecule has 5 nitrogen and oxygen atoms in total. The Balaban J connectivity index is 1.90. The Kier molecular flexibility index (Phi) is 5.92. The number of carbonyl (C=O) groups excluding carboxylic acids is 1. The summed E-state index contributed by atoms with van der Waals surface area (Å²) in [6.07, 6.45) is 1.76. The van der Waals surface area contributed by atoms with Gasteiger partial charge in [0.1, 0.15) is 11.6 Å². The molecule has 0 saturated heterocycles. The summed E-state index contributed by atoms with van der Waals surface area (Å²) in [7, 11) is 0. The summed E-state index contributed by atoms with van der Waals surface area (Å²) in [5, 5.41) is 11.6. The average molecular weight is 334 g/mol. The molecule has 1 aromatic carbocycles. The van der Waals surface area contributed by atoms with Gasteiger partial charge in [-0.3, -0.25) is 4.79 Å². The summed E-state index contributed by atoms with van der Waals surface area (Å²) in [6, 6.07) is 5.91. The molecule has 0 aliphatic carbocycles. The molecule has 0 fully saturated rings. The first-order chi connectivity index (χ1) is 11.0. The van der Waals surface area contributed by atoms with Crippen molar-refractivity contribution in [1.29, 1.82) is 0 Å². The number of nitrogens with one attached hydrogen (secondary N) is 1. The van der Waals surface area contributed by atoms with Crippen molar-refractivity contribution in [3.63, 3.8) is 0 Å². The van der Waals surface area contributed by atoms with E-state index in [1.165, 1.54) is 23.9 Å². The first-order valence-electron chi connectivity index (χ1n) is 7.19. The van der Waals surface area contributed by atoms with Gasteiger partial charge in [-0.2, -0.15) is 0 Å². The zero-order valence-corrected chi connectivity index (χ0v) is 13.9. The van der Waals surface area contributed by atoms with E-state index in [-0.39, 0.29) is 23.5 Å². The van der Waals surface area contributed by atoms with E-state index in [0.29, 0.717) is 11.7 Å². The maximum absolute atomic E-state index is 12.9. The molecule has 1 aromatic heterocycles. The maximum atomic E-state index is 12.9. The van der Waals surface area contributed by atoms with Gasteiger partial charge >= 0.3 is 0 Å². The van der Waals surface area contributed by atoms with Crippen LogP contribution in [-0.2, 0) is 11.3 Å². The first kappa shape index (κ1) is 17.2. The average Bonchev–Trinajstić information content (AvgIpc) is 2.87. The summed E-state index contributed by atoms with van der Waals surface area (Å²) in [6.45, 7) is 8.03. The Bertz CT molecular complexity index is 684. The zero-order chi connectivity index (χ0) is 16.8. The third-order valence-corrected chi connectivity index (χ3v) is 4.26. The number of benzene rings is 1. The van der Waals surface area contributed by atoms with Crippen molar-refractivity contribution < 1.29 is 9.18 Å². The van der Waals surface area contributed by atoms with Crippen LogP contribution in [0, 0.1) is 12.7 Å². The molecule has 2 aromatic rings. The Labute approximate surface area is 139 Å². The molecule has 1 N–H and O–H groups in total. The number of amides is 1. The van der Waals surface area contributed by atoms with Crippen LogP contribution in [0.25, 0.3) is 0 Å². The van der Waals surface area contributed by atoms with Crippen molar-refractivity contribution >= 4 is 17.7 Å². The topological polar surface area (TPSA) is 59.8 Å². The largest absolute Gasteiger partial charge is 0.349 e. The molecule has 0 aliphatic rings. The standard InChI is InChI=1S/C16H19FN4OS/c1-4-9-21-12(3)19-20-16(21)23-10-15(22)18-11(2)13-5-7-14(17)8-6-13/h4-8,11H,1,9-10H2,2-3H3,(H,18,22). The minimum atomic E-state index is -0.292. The Morgan fingerprint density at radius 3 is 2.78 bits per heavy atom. The number of carbonyl (C=O) groups is 1. The van der Waals surface area contributed by atoms with Gasteiger partial charge in [-0.15, -0.1) is 16.8 Å². The van der Waals surface area contributed by atoms with E-state index in [1.807, 2.05) is 18.4 Å². The van der Waals surface area contributed by atoms with Crippen LogP contribution in [0.4, 0.5) is 4.39 Å². The number of hydrogen-bond donors (Lipinski definition) is 1. The quantitative estimate of drug-likeness (QED) is 0.625. The Morgan fingerprint density at radius 1 is 1.43 bits per heavy atom. The molecule has 122 valence electrons. The summed E-state index contributed by atoms with van der Waals surface area (Å²) in [5.74, 6) is 0.616. The monoisotopic (exact) mass is 334 g/mol. The Hall–Kier alpha value is -2.15. The number of aromatic nitrogens is 3. The number of thioether (sulfide) groups is 1. The highest BCUT2D eigenvalue weighted by Crippen LogP contribution is 2.18. The fraction of sp³-hybridized carbons (Fsp3) is 0.312. The predicted octanol–water partition coefficient (Wildman–Crippen LogP) is 2.88. The lowest BCUT2D eigenvalue weighted by atomic mass is 10.1. The number of hydrogen-bond acceptors (Lipinski definition) is 4. The second-order valence-corrected chi connectivity index (χ2v) is 6.00. The van der Waals surface area contributed by atoms with Crippen LogP contribution in [0.3, 0.4) is 0 Å². The van der Waals surface area contributed by atoms with E-state index >= 15 is 0 Å². The number of nitrogens with zero attached hydrogens (tertiary/aromatic N) is 3. The number of aryl methyl sites for hydroxylation is 1. The fourth-order valence-corrected chi connectivity index (χ4v) is 2.86. The molecule has 1 amide bonds. The van der Waals surface area contributed by atoms with Gasteiger partial charge in [0.05, 0.1) is 11.8 Å². The van der Waals surface area contributed by atoms with Crippen molar-refractivity contribution in [1.82, 2.24) is 20.1 Å². The van der Waals surface area contributed by atoms with Crippen molar-refractivity contribution in [2.45, 2.75) is 31.6 Å². The SMILES string of the molecule is C=CCn1c(C)nnc1SCC(=O)NC(C)c1ccc(F)cc1. The van der Waals surface area contributed by atoms with Crippen LogP contribution in [0.5, 0.6) is 0 Å². The molecule has 0 spiro atoms. The minimum Gasteiger partial charge on any atom is -0.349 e. The normalized spacial score (nSPS) is 12.0. The highest BCUT2D eigenvalue weighted by Gasteiger charge is 2.13. The van der Waals surface area contributed by atoms with Gasteiger partial charge in [0, 0.05) is 6.54 Å². The van der Waals surface area contributed by atoms with Crippen molar-refractivity contribution in [2.24, 2.45) is 0 Å². The van der Waals surface area contributed by atoms with Crippen LogP contribution in [0.1, 0.15) is 24.4 Å². The maximum Gasteiger partial charge on any atom is 0.230 e. The van der Waals surface area contributed by atoms with E-state index in [0.717, 1.165) is 11.4 Å². The molecule has 7 heteroatoms. The van der Waals surface area contributed by atoms with Gasteiger partial charge in [0.25, 0.3) is 0 Å². The highest BCUT2D eigenvalue weighted by molar-refractivity contribution is 7.99. The fourth-order valence-electron chi connectivity index (χ4n) is 2.06. The Morgan fingerprint density at radius 2 is 2.13 bits per heavy atom. The smallest absolute Gasteiger partial charge is 0.230 e. The molecule has 0 radical (unpaired) electrons. The van der Waals surface area contributed by atoms with Crippen LogP contribution >= 0.6 is 11.8 Å². The van der Waals surface area contributed by atoms with E-state index in [9.17, 15) is 9.18 Å². The van der Waals surface area contributed by atoms with Gasteiger partial charge in [-0.05, 0) is 31.5 Å². The molecule has 1 atom stereocenters. The van der Waals surface area contributed by atoms with Gasteiger partial charge < -0.3 is 9.88 Å². The van der Waals surface area contributed by atoms with Gasteiger partial charge in [-0.1, -0.05) is 30.0 Å². The van der Waals surface area contributed by atoms with Gasteiger partial charge in [-0.25, -0.2) is 4.39 Å². The third-order valence-electron chi connectivity index (χ3n) is 3.29. The molecular weight excluding hydrogens is 315 g/mol. The van der Waals surface area contributed by atoms with Crippen LogP contribution < -0.4 is 5.32 Å². The molecule has 1 heterocycles. The summed E-state index contributed by atoms with van der Waals surface area (Å²) >= 11 is 1.33. The molecule has 2 rings (SSSR count). The second kappa shape index (κ2) is 7.92. The van der Waals surface area contributed by atoms with Crippen LogP contribution in [-0.4, -0.2) is 26.4 Å². The highest BCUT2D eigenvalue weighted by atomic mass is 32.2. The van der Waals surface area contributed by atoms with E-state index in [1.54, 1.807) is 18.2 Å². The van der Waals surface area contributed by atoms with Crippen molar-refractivity contribution in [3.8, 4) is 0 Å². The molecular formula is C16H19FN4OS. The number of rotatable bonds is 7. The predicted molar refractivity (Wildman–Crippen MR) is 88.6 cm³/mol. The van der Waals surface area contributed by atoms with Crippen LogP contribution in [0.2, 0.25) is 0 Å². The van der Waals surface area contributed by atoms with Gasteiger partial charge in [0.2, 0.25) is 5.91 Å². The zero-order valence-electron chi connectivity index (χ0n) is 13.1. The van der Waals surface area contributed by atoms with Crippen molar-refractivity contribution in [2.75, 3.05) is 5.75 Å². The molecule has 0 saturated carbocycles. The lowest BCUT2D eigenvalue weighted by molar-refractivity contribution is -0.119. The summed E-state index contributed by atoms with van der Waals surface area (Å²) in [4.78, 5) is 12.1. The van der Waals surface area contributed by atoms with E-state index < -0.39 is 0 Å². The third kappa shape index (κ3) is 4.66. The molecule has 0 bridgehead atoms. The number of halogens is 1. The van der Waals surface area contributed by atoms with E-state index in [4.69, 9.17) is 0 Å². The molecule has 23 heavy (non-hydrogen) atoms. The van der Waals surface area contributed by atoms with Crippen LogP contribution in [0.15, 0.2) is 42.1 Å². The lowest BCUT2D eigenvalue weighted by Crippen LogP contribution is -2.28. The summed E-state index contributed by atoms with van der Waals surface area (Å²) < 4.78 is 14.8. The second-order valence-electron chi connectivity index (χ2n) is 5.06. The minimum absolute atomic E-state index is 0.113. The molecule has 0 aliphatic heterocycles. The van der Waals surface area contributed by atoms with Gasteiger partial charge in [0.15, 0.2) is 5.16 Å².